The maximum absolute atomic E-state index is 5.74. The number of ether oxygens (including phenoxy) is 1. The van der Waals surface area contributed by atoms with Crippen molar-refractivity contribution in [1.29, 1.82) is 0 Å². The van der Waals surface area contributed by atoms with Crippen LogP contribution < -0.4 is 11.1 Å². The summed E-state index contributed by atoms with van der Waals surface area (Å²) in [5.41, 5.74) is 6.82. The summed E-state index contributed by atoms with van der Waals surface area (Å²) in [5.74, 6) is 0.966. The van der Waals surface area contributed by atoms with E-state index in [1.807, 2.05) is 6.92 Å². The maximum Gasteiger partial charge on any atom is 0.188 e. The van der Waals surface area contributed by atoms with E-state index in [0.29, 0.717) is 11.9 Å². The third-order valence-electron chi connectivity index (χ3n) is 2.75. The highest BCUT2D eigenvalue weighted by Gasteiger charge is 2.28. The number of rotatable bonds is 5. The summed E-state index contributed by atoms with van der Waals surface area (Å²) < 4.78 is 5.61. The van der Waals surface area contributed by atoms with Crippen molar-refractivity contribution in [2.75, 3.05) is 19.7 Å². The first-order valence-electron chi connectivity index (χ1n) is 5.96. The average molecular weight is 225 g/mol. The smallest absolute Gasteiger partial charge is 0.188 e. The number of guanidine groups is 1. The van der Waals surface area contributed by atoms with Crippen LogP contribution in [0.2, 0.25) is 0 Å². The normalized spacial score (nSPS) is 25.8. The van der Waals surface area contributed by atoms with Crippen LogP contribution in [0, 0.1) is 5.92 Å². The molecule has 1 rings (SSSR count). The topological polar surface area (TPSA) is 59.6 Å². The number of hydrogen-bond donors (Lipinski definition) is 2. The second-order valence-electron chi connectivity index (χ2n) is 4.34. The summed E-state index contributed by atoms with van der Waals surface area (Å²) in [7, 11) is 0. The van der Waals surface area contributed by atoms with Crippen LogP contribution in [0.3, 0.4) is 0 Å². The van der Waals surface area contributed by atoms with Gasteiger partial charge in [0.1, 0.15) is 0 Å². The van der Waals surface area contributed by atoms with Crippen molar-refractivity contribution in [3.05, 3.63) is 12.2 Å². The number of aliphatic imine (C=N–C) groups is 1. The fourth-order valence-electron chi connectivity index (χ4n) is 1.89. The van der Waals surface area contributed by atoms with E-state index in [0.717, 1.165) is 38.1 Å². The van der Waals surface area contributed by atoms with Crippen molar-refractivity contribution in [2.45, 2.75) is 32.8 Å². The molecule has 0 aliphatic carbocycles. The summed E-state index contributed by atoms with van der Waals surface area (Å²) in [6.45, 7) is 10.5. The van der Waals surface area contributed by atoms with Gasteiger partial charge in [0.15, 0.2) is 5.96 Å². The van der Waals surface area contributed by atoms with Crippen LogP contribution in [-0.2, 0) is 4.74 Å². The van der Waals surface area contributed by atoms with Crippen molar-refractivity contribution in [3.63, 3.8) is 0 Å². The van der Waals surface area contributed by atoms with Gasteiger partial charge in [0, 0.05) is 25.6 Å². The summed E-state index contributed by atoms with van der Waals surface area (Å²) in [6, 6.07) is 0. The van der Waals surface area contributed by atoms with E-state index in [4.69, 9.17) is 10.5 Å². The van der Waals surface area contributed by atoms with E-state index >= 15 is 0 Å². The van der Waals surface area contributed by atoms with Gasteiger partial charge in [-0.1, -0.05) is 19.1 Å². The molecule has 1 saturated heterocycles. The minimum absolute atomic E-state index is 0.155. The second-order valence-corrected chi connectivity index (χ2v) is 4.34. The first-order chi connectivity index (χ1) is 7.65. The lowest BCUT2D eigenvalue weighted by Crippen LogP contribution is -2.33. The second kappa shape index (κ2) is 6.53. The zero-order valence-corrected chi connectivity index (χ0v) is 10.3. The van der Waals surface area contributed by atoms with E-state index in [2.05, 4.69) is 23.8 Å². The van der Waals surface area contributed by atoms with Crippen LogP contribution in [-0.4, -0.2) is 31.8 Å². The first-order valence-corrected chi connectivity index (χ1v) is 5.96. The average Bonchev–Trinajstić information content (AvgIpc) is 2.71. The Morgan fingerprint density at radius 3 is 3.00 bits per heavy atom. The standard InChI is InChI=1S/C12H23N3O/c1-4-6-14-12(13)15-8-10-5-7-16-11(10)9(2)3/h10-11H,2,4-8H2,1,3H3,(H3,13,14,15). The van der Waals surface area contributed by atoms with Crippen LogP contribution in [0.4, 0.5) is 0 Å². The minimum Gasteiger partial charge on any atom is -0.374 e. The van der Waals surface area contributed by atoms with E-state index in [1.54, 1.807) is 0 Å². The molecule has 1 heterocycles. The molecule has 1 aliphatic heterocycles. The van der Waals surface area contributed by atoms with Gasteiger partial charge in [-0.15, -0.1) is 0 Å². The minimum atomic E-state index is 0.155. The molecule has 0 aromatic heterocycles. The molecule has 92 valence electrons. The number of nitrogens with one attached hydrogen (secondary N) is 1. The van der Waals surface area contributed by atoms with Gasteiger partial charge >= 0.3 is 0 Å². The summed E-state index contributed by atoms with van der Waals surface area (Å²) in [4.78, 5) is 4.34. The van der Waals surface area contributed by atoms with Crippen LogP contribution in [0.25, 0.3) is 0 Å². The van der Waals surface area contributed by atoms with Crippen molar-refractivity contribution in [1.82, 2.24) is 5.32 Å². The van der Waals surface area contributed by atoms with Gasteiger partial charge in [0.05, 0.1) is 6.10 Å². The highest BCUT2D eigenvalue weighted by Crippen LogP contribution is 2.25. The zero-order valence-electron chi connectivity index (χ0n) is 10.3. The number of hydrogen-bond acceptors (Lipinski definition) is 2. The van der Waals surface area contributed by atoms with Crippen LogP contribution in [0.5, 0.6) is 0 Å². The van der Waals surface area contributed by atoms with Crippen LogP contribution in [0.15, 0.2) is 17.1 Å². The van der Waals surface area contributed by atoms with Gasteiger partial charge in [-0.05, 0) is 19.8 Å². The fourth-order valence-corrected chi connectivity index (χ4v) is 1.89. The summed E-state index contributed by atoms with van der Waals surface area (Å²) in [5, 5.41) is 3.06. The molecule has 4 nitrogen and oxygen atoms in total. The lowest BCUT2D eigenvalue weighted by Gasteiger charge is -2.16. The summed E-state index contributed by atoms with van der Waals surface area (Å²) in [6.07, 6.45) is 2.25. The molecule has 16 heavy (non-hydrogen) atoms. The highest BCUT2D eigenvalue weighted by molar-refractivity contribution is 5.77. The Bertz CT molecular complexity index is 263. The van der Waals surface area contributed by atoms with Crippen LogP contribution >= 0.6 is 0 Å². The third kappa shape index (κ3) is 3.85. The molecule has 0 aromatic rings. The largest absolute Gasteiger partial charge is 0.374 e. The monoisotopic (exact) mass is 225 g/mol. The van der Waals surface area contributed by atoms with E-state index in [9.17, 15) is 0 Å². The molecule has 0 saturated carbocycles. The van der Waals surface area contributed by atoms with Gasteiger partial charge in [-0.2, -0.15) is 0 Å². The molecular weight excluding hydrogens is 202 g/mol. The molecule has 0 spiro atoms. The Morgan fingerprint density at radius 1 is 1.62 bits per heavy atom. The molecule has 1 fully saturated rings. The molecule has 0 bridgehead atoms. The third-order valence-corrected chi connectivity index (χ3v) is 2.75. The zero-order chi connectivity index (χ0) is 12.0. The number of nitrogens with two attached hydrogens (primary N) is 1. The fraction of sp³-hybridized carbons (Fsp3) is 0.750. The maximum atomic E-state index is 5.74. The first kappa shape index (κ1) is 13.0. The van der Waals surface area contributed by atoms with Crippen molar-refractivity contribution in [2.24, 2.45) is 16.6 Å². The van der Waals surface area contributed by atoms with Gasteiger partial charge < -0.3 is 15.8 Å². The van der Waals surface area contributed by atoms with Gasteiger partial charge in [0.25, 0.3) is 0 Å². The molecule has 0 radical (unpaired) electrons. The van der Waals surface area contributed by atoms with E-state index in [-0.39, 0.29) is 6.10 Å². The molecule has 0 aromatic carbocycles. The van der Waals surface area contributed by atoms with Crippen LogP contribution in [0.1, 0.15) is 26.7 Å². The lowest BCUT2D eigenvalue weighted by atomic mass is 9.97. The predicted octanol–water partition coefficient (Wildman–Crippen LogP) is 1.28. The molecule has 3 N–H and O–H groups in total. The Kier molecular flexibility index (Phi) is 5.32. The summed E-state index contributed by atoms with van der Waals surface area (Å²) >= 11 is 0. The SMILES string of the molecule is C=C(C)C1OCCC1CN=C(N)NCCC. The highest BCUT2D eigenvalue weighted by atomic mass is 16.5. The Morgan fingerprint density at radius 2 is 2.38 bits per heavy atom. The molecular formula is C12H23N3O. The van der Waals surface area contributed by atoms with E-state index in [1.165, 1.54) is 0 Å². The molecule has 2 unspecified atom stereocenters. The van der Waals surface area contributed by atoms with Crippen molar-refractivity contribution in [3.8, 4) is 0 Å². The quantitative estimate of drug-likeness (QED) is 0.421. The molecule has 2 atom stereocenters. The Balaban J connectivity index is 2.38. The predicted molar refractivity (Wildman–Crippen MR) is 67.4 cm³/mol. The van der Waals surface area contributed by atoms with Gasteiger partial charge in [0.2, 0.25) is 0 Å². The molecule has 4 heteroatoms. The van der Waals surface area contributed by atoms with Gasteiger partial charge in [-0.3, -0.25) is 4.99 Å². The Hall–Kier alpha value is -1.03. The van der Waals surface area contributed by atoms with E-state index < -0.39 is 0 Å². The van der Waals surface area contributed by atoms with Crippen molar-refractivity contribution < 1.29 is 4.74 Å². The lowest BCUT2D eigenvalue weighted by molar-refractivity contribution is 0.120. The van der Waals surface area contributed by atoms with Gasteiger partial charge in [-0.25, -0.2) is 0 Å². The molecule has 1 aliphatic rings. The van der Waals surface area contributed by atoms with Crippen molar-refractivity contribution >= 4 is 5.96 Å². The molecule has 0 amide bonds. The Labute approximate surface area is 98.0 Å². The number of nitrogens with zero attached hydrogens (tertiary/aromatic N) is 1.